The average molecular weight is 620 g/mol. The van der Waals surface area contributed by atoms with Gasteiger partial charge in [-0.05, 0) is 104 Å². The van der Waals surface area contributed by atoms with Crippen molar-refractivity contribution in [2.24, 2.45) is 40.9 Å². The van der Waals surface area contributed by atoms with Crippen molar-refractivity contribution in [3.05, 3.63) is 81.9 Å². The van der Waals surface area contributed by atoms with Crippen molar-refractivity contribution in [1.29, 1.82) is 0 Å². The van der Waals surface area contributed by atoms with Gasteiger partial charge in [0.2, 0.25) is 0 Å². The number of fused-ring (bicyclic) bond motifs is 2. The van der Waals surface area contributed by atoms with Gasteiger partial charge in [-0.2, -0.15) is 0 Å². The minimum Gasteiger partial charge on any atom is -0.443 e. The Morgan fingerprint density at radius 3 is 1.44 bits per heavy atom. The fraction of sp³-hybridized carbons (Fsp3) is 0.543. The lowest BCUT2D eigenvalue weighted by Crippen LogP contribution is -2.47. The first-order valence-electron chi connectivity index (χ1n) is 15.7. The van der Waals surface area contributed by atoms with E-state index in [4.69, 9.17) is 32.7 Å². The zero-order valence-electron chi connectivity index (χ0n) is 24.4. The van der Waals surface area contributed by atoms with E-state index in [1.54, 1.807) is 0 Å². The van der Waals surface area contributed by atoms with Crippen LogP contribution in [0.15, 0.2) is 60.7 Å². The molecule has 10 unspecified atom stereocenters. The molecule has 0 N–H and O–H groups in total. The van der Waals surface area contributed by atoms with Gasteiger partial charge >= 0.3 is 11.9 Å². The van der Waals surface area contributed by atoms with Crippen molar-refractivity contribution < 1.29 is 19.1 Å². The second-order valence-electron chi connectivity index (χ2n) is 14.4. The van der Waals surface area contributed by atoms with E-state index in [-0.39, 0.29) is 40.5 Å². The van der Waals surface area contributed by atoms with Crippen molar-refractivity contribution in [2.75, 3.05) is 27.2 Å². The molecular formula is C35H36Cl2N2O4. The van der Waals surface area contributed by atoms with E-state index in [9.17, 15) is 9.59 Å². The Bertz CT molecular complexity index is 1440. The fourth-order valence-electron chi connectivity index (χ4n) is 13.0. The number of esters is 2. The molecule has 9 rings (SSSR count). The standard InChI is InChI=1S/C35H36Cl2N2O4/c1-38-17-33(19-3-7-21(36)8-4-19)25-13-11-23-29(33)31(38)42-27(40)15-16-28(41)43-32-30-24-12-14-26(35(23,24)25)34(30,18-39(32)2)20-5-9-22(37)10-6-20/h3-10,15-16,23-26,29-32H,11-14,17-18H2,1-2H3/b16-15-. The van der Waals surface area contributed by atoms with E-state index < -0.39 is 11.9 Å². The minimum atomic E-state index is -0.486. The summed E-state index contributed by atoms with van der Waals surface area (Å²) in [5.41, 5.74) is 2.39. The molecule has 2 saturated heterocycles. The van der Waals surface area contributed by atoms with Gasteiger partial charge in [0.15, 0.2) is 12.5 Å². The first kappa shape index (κ1) is 27.0. The zero-order chi connectivity index (χ0) is 29.5. The molecular weight excluding hydrogens is 583 g/mol. The van der Waals surface area contributed by atoms with Crippen LogP contribution < -0.4 is 0 Å². The fourth-order valence-corrected chi connectivity index (χ4v) is 13.2. The normalized spacial score (nSPS) is 46.8. The highest BCUT2D eigenvalue weighted by atomic mass is 35.5. The van der Waals surface area contributed by atoms with Gasteiger partial charge in [0.1, 0.15) is 0 Å². The van der Waals surface area contributed by atoms with Gasteiger partial charge < -0.3 is 9.47 Å². The van der Waals surface area contributed by atoms with Crippen molar-refractivity contribution in [1.82, 2.24) is 9.80 Å². The molecule has 0 aromatic heterocycles. The van der Waals surface area contributed by atoms with Gasteiger partial charge in [-0.1, -0.05) is 47.5 Å². The summed E-state index contributed by atoms with van der Waals surface area (Å²) in [7, 11) is 4.18. The molecule has 6 fully saturated rings. The Morgan fingerprint density at radius 2 is 1.05 bits per heavy atom. The van der Waals surface area contributed by atoms with Crippen LogP contribution in [0.1, 0.15) is 36.8 Å². The van der Waals surface area contributed by atoms with Gasteiger partial charge in [0.25, 0.3) is 0 Å². The third-order valence-corrected chi connectivity index (χ3v) is 13.9. The van der Waals surface area contributed by atoms with Crippen molar-refractivity contribution >= 4 is 35.1 Å². The van der Waals surface area contributed by atoms with Crippen LogP contribution in [0.5, 0.6) is 0 Å². The van der Waals surface area contributed by atoms with E-state index in [1.807, 2.05) is 24.3 Å². The summed E-state index contributed by atoms with van der Waals surface area (Å²) in [5.74, 6) is 0.995. The lowest BCUT2D eigenvalue weighted by atomic mass is 9.59. The molecule has 6 nitrogen and oxygen atoms in total. The number of likely N-dealkylation sites (tertiary alicyclic amines) is 2. The first-order chi connectivity index (χ1) is 20.7. The maximum atomic E-state index is 13.2. The maximum absolute atomic E-state index is 13.2. The highest BCUT2D eigenvalue weighted by Gasteiger charge is 2.86. The van der Waals surface area contributed by atoms with Gasteiger partial charge in [-0.3, -0.25) is 9.80 Å². The van der Waals surface area contributed by atoms with Crippen LogP contribution >= 0.6 is 23.2 Å². The molecule has 1 spiro atoms. The monoisotopic (exact) mass is 618 g/mol. The van der Waals surface area contributed by atoms with Gasteiger partial charge in [-0.15, -0.1) is 0 Å². The largest absolute Gasteiger partial charge is 0.443 e. The van der Waals surface area contributed by atoms with Crippen LogP contribution in [0.25, 0.3) is 0 Å². The van der Waals surface area contributed by atoms with Crippen molar-refractivity contribution in [3.63, 3.8) is 0 Å². The summed E-state index contributed by atoms with van der Waals surface area (Å²) in [6.07, 6.45) is 6.39. The van der Waals surface area contributed by atoms with Gasteiger partial charge in [0, 0.05) is 58.0 Å². The van der Waals surface area contributed by atoms with E-state index in [2.05, 4.69) is 48.2 Å². The summed E-state index contributed by atoms with van der Waals surface area (Å²) in [4.78, 5) is 31.0. The predicted molar refractivity (Wildman–Crippen MR) is 162 cm³/mol. The molecule has 0 amide bonds. The number of likely N-dealkylation sites (N-methyl/N-ethyl adjacent to an activating group) is 2. The van der Waals surface area contributed by atoms with E-state index in [0.29, 0.717) is 23.7 Å². The molecule has 2 aromatic carbocycles. The SMILES string of the molecule is CN1CC2(c3ccc(Cl)cc3)C3C1OC(=O)/C=C\C(=O)OC1C4C5CCC(C4(c4ccc(Cl)cc4)CN1C)C51C3CCC21. The molecule has 4 saturated carbocycles. The third-order valence-electron chi connectivity index (χ3n) is 13.4. The molecule has 7 aliphatic rings. The molecule has 10 atom stereocenters. The molecule has 2 aromatic rings. The highest BCUT2D eigenvalue weighted by molar-refractivity contribution is 6.30. The number of ether oxygens (including phenoxy) is 2. The molecule has 43 heavy (non-hydrogen) atoms. The number of benzene rings is 2. The number of carbonyl (C=O) groups is 2. The Morgan fingerprint density at radius 1 is 0.651 bits per heavy atom. The number of hydrogen-bond donors (Lipinski definition) is 0. The minimum absolute atomic E-state index is 0.0634. The summed E-state index contributed by atoms with van der Waals surface area (Å²) in [6, 6.07) is 17.0. The lowest BCUT2D eigenvalue weighted by Gasteiger charge is -2.45. The van der Waals surface area contributed by atoms with Crippen LogP contribution in [0, 0.1) is 40.9 Å². The molecule has 3 aliphatic heterocycles. The summed E-state index contributed by atoms with van der Waals surface area (Å²) < 4.78 is 12.6. The summed E-state index contributed by atoms with van der Waals surface area (Å²) in [5, 5.41) is 1.47. The molecule has 8 heteroatoms. The average Bonchev–Trinajstić information content (AvgIpc) is 3.79. The second-order valence-corrected chi connectivity index (χ2v) is 15.3. The molecule has 7 bridgehead atoms. The van der Waals surface area contributed by atoms with E-state index in [1.165, 1.54) is 23.3 Å². The van der Waals surface area contributed by atoms with E-state index >= 15 is 0 Å². The zero-order valence-corrected chi connectivity index (χ0v) is 25.9. The molecule has 4 aliphatic carbocycles. The second kappa shape index (κ2) is 8.87. The Kier molecular flexibility index (Phi) is 5.56. The number of rotatable bonds is 2. The Balaban J connectivity index is 1.31. The number of halogens is 2. The van der Waals surface area contributed by atoms with Crippen molar-refractivity contribution in [2.45, 2.75) is 49.0 Å². The smallest absolute Gasteiger partial charge is 0.332 e. The Labute approximate surface area is 262 Å². The highest BCUT2D eigenvalue weighted by Crippen LogP contribution is 2.86. The van der Waals surface area contributed by atoms with Crippen LogP contribution in [-0.2, 0) is 29.9 Å². The third kappa shape index (κ3) is 3.09. The molecule has 224 valence electrons. The number of carbonyl (C=O) groups excluding carboxylic acids is 2. The predicted octanol–water partition coefficient (Wildman–Crippen LogP) is 5.67. The molecule has 3 heterocycles. The first-order valence-corrected chi connectivity index (χ1v) is 16.5. The van der Waals surface area contributed by atoms with Crippen molar-refractivity contribution in [3.8, 4) is 0 Å². The number of nitrogens with zero attached hydrogens (tertiary/aromatic N) is 2. The number of hydrogen-bond acceptors (Lipinski definition) is 6. The van der Waals surface area contributed by atoms with Crippen LogP contribution in [0.3, 0.4) is 0 Å². The van der Waals surface area contributed by atoms with Crippen LogP contribution in [0.4, 0.5) is 0 Å². The van der Waals surface area contributed by atoms with Gasteiger partial charge in [0.05, 0.1) is 0 Å². The van der Waals surface area contributed by atoms with Gasteiger partial charge in [-0.25, -0.2) is 9.59 Å². The quantitative estimate of drug-likeness (QED) is 0.404. The summed E-state index contributed by atoms with van der Waals surface area (Å²) in [6.45, 7) is 1.67. The lowest BCUT2D eigenvalue weighted by molar-refractivity contribution is -0.156. The topological polar surface area (TPSA) is 59.1 Å². The molecule has 0 radical (unpaired) electrons. The van der Waals surface area contributed by atoms with Crippen LogP contribution in [0.2, 0.25) is 10.0 Å². The van der Waals surface area contributed by atoms with Crippen LogP contribution in [-0.4, -0.2) is 61.4 Å². The maximum Gasteiger partial charge on any atom is 0.332 e. The summed E-state index contributed by atoms with van der Waals surface area (Å²) >= 11 is 12.9. The Hall–Kier alpha value is -2.38. The van der Waals surface area contributed by atoms with E-state index in [0.717, 1.165) is 48.8 Å².